The van der Waals surface area contributed by atoms with Gasteiger partial charge in [-0.15, -0.1) is 11.3 Å². The van der Waals surface area contributed by atoms with Crippen molar-refractivity contribution in [1.82, 2.24) is 5.32 Å². The topological polar surface area (TPSA) is 38.3 Å². The molecule has 5 heteroatoms. The van der Waals surface area contributed by atoms with Gasteiger partial charge >= 0.3 is 0 Å². The second kappa shape index (κ2) is 5.09. The Morgan fingerprint density at radius 3 is 3.20 bits per heavy atom. The van der Waals surface area contributed by atoms with Gasteiger partial charge in [0.2, 0.25) is 5.91 Å². The Hall–Kier alpha value is -0.390. The minimum absolute atomic E-state index is 0.0451. The Morgan fingerprint density at radius 2 is 2.60 bits per heavy atom. The summed E-state index contributed by atoms with van der Waals surface area (Å²) in [6.45, 7) is 1.88. The first kappa shape index (κ1) is 11.1. The summed E-state index contributed by atoms with van der Waals surface area (Å²) in [4.78, 5) is 12.8. The molecule has 0 bridgehead atoms. The van der Waals surface area contributed by atoms with Crippen LogP contribution in [-0.4, -0.2) is 19.1 Å². The van der Waals surface area contributed by atoms with Gasteiger partial charge < -0.3 is 10.1 Å². The van der Waals surface area contributed by atoms with Gasteiger partial charge in [0.1, 0.15) is 0 Å². The van der Waals surface area contributed by atoms with E-state index in [1.165, 1.54) is 0 Å². The molecule has 0 aromatic carbocycles. The number of ether oxygens (including phenoxy) is 1. The molecule has 2 rings (SSSR count). The van der Waals surface area contributed by atoms with E-state index in [0.717, 1.165) is 15.8 Å². The van der Waals surface area contributed by atoms with Gasteiger partial charge in [-0.05, 0) is 33.8 Å². The first-order chi connectivity index (χ1) is 7.27. The van der Waals surface area contributed by atoms with E-state index in [1.54, 1.807) is 11.3 Å². The van der Waals surface area contributed by atoms with Gasteiger partial charge in [0, 0.05) is 16.0 Å². The first-order valence-corrected chi connectivity index (χ1v) is 6.52. The highest BCUT2D eigenvalue weighted by Crippen LogP contribution is 2.22. The maximum absolute atomic E-state index is 11.7. The molecule has 0 radical (unpaired) electrons. The van der Waals surface area contributed by atoms with Crippen LogP contribution in [0.4, 0.5) is 0 Å². The average Bonchev–Trinajstić information content (AvgIpc) is 2.85. The Kier molecular flexibility index (Phi) is 3.77. The van der Waals surface area contributed by atoms with Crippen molar-refractivity contribution in [3.63, 3.8) is 0 Å². The van der Waals surface area contributed by atoms with Crippen molar-refractivity contribution >= 4 is 33.2 Å². The third-order valence-corrected chi connectivity index (χ3v) is 4.34. The molecule has 1 saturated heterocycles. The number of thiophene rings is 1. The lowest BCUT2D eigenvalue weighted by atomic mass is 10.1. The number of carbonyl (C=O) groups is 1. The van der Waals surface area contributed by atoms with Crippen molar-refractivity contribution < 1.29 is 9.53 Å². The van der Waals surface area contributed by atoms with Crippen LogP contribution in [0.1, 0.15) is 11.3 Å². The highest BCUT2D eigenvalue weighted by molar-refractivity contribution is 9.10. The molecular formula is C10H12BrNO2S. The molecule has 0 aliphatic carbocycles. The van der Waals surface area contributed by atoms with Crippen molar-refractivity contribution in [3.8, 4) is 0 Å². The fourth-order valence-corrected chi connectivity index (χ4v) is 2.94. The number of carbonyl (C=O) groups excluding carboxylic acids is 1. The Bertz CT molecular complexity index is 347. The van der Waals surface area contributed by atoms with Crippen LogP contribution < -0.4 is 5.32 Å². The molecule has 1 aliphatic rings. The first-order valence-electron chi connectivity index (χ1n) is 4.84. The van der Waals surface area contributed by atoms with Crippen molar-refractivity contribution in [2.24, 2.45) is 5.92 Å². The Balaban J connectivity index is 1.83. The number of rotatable bonds is 3. The SMILES string of the molecule is O=C(NCc1sccc1Br)C1CCOC1. The van der Waals surface area contributed by atoms with E-state index in [-0.39, 0.29) is 11.8 Å². The molecule has 1 aromatic rings. The van der Waals surface area contributed by atoms with Crippen LogP contribution >= 0.6 is 27.3 Å². The number of amides is 1. The fraction of sp³-hybridized carbons (Fsp3) is 0.500. The number of hydrogen-bond donors (Lipinski definition) is 1. The van der Waals surface area contributed by atoms with E-state index in [9.17, 15) is 4.79 Å². The standard InChI is InChI=1S/C10H12BrNO2S/c11-8-2-4-15-9(8)5-12-10(13)7-1-3-14-6-7/h2,4,7H,1,3,5-6H2,(H,12,13). The normalized spacial score (nSPS) is 20.5. The van der Waals surface area contributed by atoms with E-state index >= 15 is 0 Å². The largest absolute Gasteiger partial charge is 0.381 e. The molecule has 15 heavy (non-hydrogen) atoms. The second-order valence-electron chi connectivity index (χ2n) is 3.47. The van der Waals surface area contributed by atoms with Crippen molar-refractivity contribution in [2.45, 2.75) is 13.0 Å². The van der Waals surface area contributed by atoms with Crippen LogP contribution in [0.5, 0.6) is 0 Å². The number of nitrogens with one attached hydrogen (secondary N) is 1. The molecule has 2 heterocycles. The molecule has 0 spiro atoms. The predicted molar refractivity (Wildman–Crippen MR) is 62.8 cm³/mol. The van der Waals surface area contributed by atoms with Crippen LogP contribution in [0.3, 0.4) is 0 Å². The highest BCUT2D eigenvalue weighted by atomic mass is 79.9. The smallest absolute Gasteiger partial charge is 0.225 e. The number of hydrogen-bond acceptors (Lipinski definition) is 3. The zero-order valence-electron chi connectivity index (χ0n) is 8.16. The molecule has 3 nitrogen and oxygen atoms in total. The molecule has 0 saturated carbocycles. The van der Waals surface area contributed by atoms with Crippen LogP contribution in [0.25, 0.3) is 0 Å². The summed E-state index contributed by atoms with van der Waals surface area (Å²) < 4.78 is 6.24. The van der Waals surface area contributed by atoms with Gasteiger partial charge in [-0.1, -0.05) is 0 Å². The van der Waals surface area contributed by atoms with Gasteiger partial charge in [-0.3, -0.25) is 4.79 Å². The summed E-state index contributed by atoms with van der Waals surface area (Å²) in [5.41, 5.74) is 0. The van der Waals surface area contributed by atoms with Crippen molar-refractivity contribution in [2.75, 3.05) is 13.2 Å². The molecule has 1 unspecified atom stereocenters. The zero-order chi connectivity index (χ0) is 10.7. The minimum Gasteiger partial charge on any atom is -0.381 e. The summed E-state index contributed by atoms with van der Waals surface area (Å²) in [7, 11) is 0. The van der Waals surface area contributed by atoms with Gasteiger partial charge in [0.25, 0.3) is 0 Å². The summed E-state index contributed by atoms with van der Waals surface area (Å²) >= 11 is 5.08. The monoisotopic (exact) mass is 289 g/mol. The number of halogens is 1. The maximum Gasteiger partial charge on any atom is 0.225 e. The summed E-state index contributed by atoms with van der Waals surface area (Å²) in [5, 5.41) is 4.93. The summed E-state index contributed by atoms with van der Waals surface area (Å²) in [6, 6.07) is 1.99. The Morgan fingerprint density at radius 1 is 1.73 bits per heavy atom. The Labute approximate surface area is 101 Å². The molecular weight excluding hydrogens is 278 g/mol. The quantitative estimate of drug-likeness (QED) is 0.926. The third-order valence-electron chi connectivity index (χ3n) is 2.41. The summed E-state index contributed by atoms with van der Waals surface area (Å²) in [6.07, 6.45) is 0.845. The van der Waals surface area contributed by atoms with E-state index < -0.39 is 0 Å². The van der Waals surface area contributed by atoms with E-state index in [2.05, 4.69) is 21.2 Å². The highest BCUT2D eigenvalue weighted by Gasteiger charge is 2.23. The van der Waals surface area contributed by atoms with Crippen molar-refractivity contribution in [3.05, 3.63) is 20.8 Å². The molecule has 1 amide bonds. The van der Waals surface area contributed by atoms with Gasteiger partial charge in [0.15, 0.2) is 0 Å². The molecule has 1 fully saturated rings. The van der Waals surface area contributed by atoms with Crippen LogP contribution in [0.15, 0.2) is 15.9 Å². The van der Waals surface area contributed by atoms with Crippen LogP contribution in [0, 0.1) is 5.92 Å². The van der Waals surface area contributed by atoms with E-state index in [0.29, 0.717) is 19.8 Å². The molecule has 1 aliphatic heterocycles. The van der Waals surface area contributed by atoms with Gasteiger partial charge in [0.05, 0.1) is 19.1 Å². The summed E-state index contributed by atoms with van der Waals surface area (Å²) in [5.74, 6) is 0.150. The van der Waals surface area contributed by atoms with Crippen molar-refractivity contribution in [1.29, 1.82) is 0 Å². The van der Waals surface area contributed by atoms with Gasteiger partial charge in [-0.2, -0.15) is 0 Å². The molecule has 1 N–H and O–H groups in total. The zero-order valence-corrected chi connectivity index (χ0v) is 10.6. The van der Waals surface area contributed by atoms with E-state index in [4.69, 9.17) is 4.74 Å². The third kappa shape index (κ3) is 2.80. The lowest BCUT2D eigenvalue weighted by Gasteiger charge is -2.08. The predicted octanol–water partition coefficient (Wildman–Crippen LogP) is 2.16. The maximum atomic E-state index is 11.7. The molecule has 1 aromatic heterocycles. The van der Waals surface area contributed by atoms with Gasteiger partial charge in [-0.25, -0.2) is 0 Å². The molecule has 1 atom stereocenters. The van der Waals surface area contributed by atoms with Crippen LogP contribution in [-0.2, 0) is 16.1 Å². The lowest BCUT2D eigenvalue weighted by molar-refractivity contribution is -0.125. The molecule has 82 valence electrons. The van der Waals surface area contributed by atoms with Crippen LogP contribution in [0.2, 0.25) is 0 Å². The van der Waals surface area contributed by atoms with E-state index in [1.807, 2.05) is 11.4 Å². The minimum atomic E-state index is 0.0451. The fourth-order valence-electron chi connectivity index (χ4n) is 1.50. The second-order valence-corrected chi connectivity index (χ2v) is 5.33. The lowest BCUT2D eigenvalue weighted by Crippen LogP contribution is -2.30. The average molecular weight is 290 g/mol.